The largest absolute Gasteiger partial charge is 0.326 e. The Morgan fingerprint density at radius 3 is 2.50 bits per heavy atom. The highest BCUT2D eigenvalue weighted by Crippen LogP contribution is 2.24. The molecule has 1 saturated heterocycles. The maximum Gasteiger partial charge on any atom is 0.123 e. The maximum atomic E-state index is 12.8. The van der Waals surface area contributed by atoms with Gasteiger partial charge >= 0.3 is 0 Å². The number of nitrogens with zero attached hydrogens (tertiary/aromatic N) is 1. The van der Waals surface area contributed by atoms with E-state index in [1.54, 1.807) is 0 Å². The second-order valence-electron chi connectivity index (χ2n) is 4.27. The van der Waals surface area contributed by atoms with Gasteiger partial charge in [0.15, 0.2) is 0 Å². The number of likely N-dealkylation sites (tertiary alicyclic amines) is 1. The van der Waals surface area contributed by atoms with Gasteiger partial charge < -0.3 is 5.73 Å². The fraction of sp³-hybridized carbons (Fsp3) is 0.500. The molecular formula is C12H18ClFN2. The Kier molecular flexibility index (Phi) is 4.71. The Bertz CT molecular complexity index is 328. The van der Waals surface area contributed by atoms with Crippen LogP contribution < -0.4 is 5.73 Å². The molecule has 2 rings (SSSR count). The Morgan fingerprint density at radius 2 is 2.00 bits per heavy atom. The summed E-state index contributed by atoms with van der Waals surface area (Å²) in [5, 5.41) is 0. The highest BCUT2D eigenvalue weighted by atomic mass is 35.5. The van der Waals surface area contributed by atoms with Gasteiger partial charge in [-0.15, -0.1) is 12.4 Å². The first-order valence-corrected chi connectivity index (χ1v) is 5.42. The highest BCUT2D eigenvalue weighted by Gasteiger charge is 2.24. The molecule has 16 heavy (non-hydrogen) atoms. The molecule has 1 unspecified atom stereocenters. The topological polar surface area (TPSA) is 29.3 Å². The SMILES string of the molecule is CC(c1ccc(F)cc1)N1CC[C@@H](N)C1.Cl. The Hall–Kier alpha value is -0.640. The average Bonchev–Trinajstić information content (AvgIpc) is 2.65. The molecule has 2 nitrogen and oxygen atoms in total. The molecule has 1 aromatic rings. The van der Waals surface area contributed by atoms with E-state index in [0.29, 0.717) is 12.1 Å². The van der Waals surface area contributed by atoms with Crippen LogP contribution in [-0.2, 0) is 0 Å². The van der Waals surface area contributed by atoms with E-state index in [4.69, 9.17) is 5.73 Å². The first-order valence-electron chi connectivity index (χ1n) is 5.42. The van der Waals surface area contributed by atoms with Crippen molar-refractivity contribution in [2.45, 2.75) is 25.4 Å². The second-order valence-corrected chi connectivity index (χ2v) is 4.27. The van der Waals surface area contributed by atoms with Gasteiger partial charge in [0.2, 0.25) is 0 Å². The van der Waals surface area contributed by atoms with E-state index in [0.717, 1.165) is 25.1 Å². The predicted molar refractivity (Wildman–Crippen MR) is 66.2 cm³/mol. The zero-order valence-electron chi connectivity index (χ0n) is 9.40. The Morgan fingerprint density at radius 1 is 1.38 bits per heavy atom. The number of benzene rings is 1. The van der Waals surface area contributed by atoms with E-state index in [9.17, 15) is 4.39 Å². The number of rotatable bonds is 2. The van der Waals surface area contributed by atoms with Gasteiger partial charge in [-0.2, -0.15) is 0 Å². The minimum absolute atomic E-state index is 0. The van der Waals surface area contributed by atoms with Crippen molar-refractivity contribution >= 4 is 12.4 Å². The van der Waals surface area contributed by atoms with Crippen LogP contribution in [0.15, 0.2) is 24.3 Å². The van der Waals surface area contributed by atoms with Crippen LogP contribution in [0.2, 0.25) is 0 Å². The molecule has 1 heterocycles. The van der Waals surface area contributed by atoms with Crippen LogP contribution >= 0.6 is 12.4 Å². The van der Waals surface area contributed by atoms with Crippen LogP contribution in [0.1, 0.15) is 24.9 Å². The van der Waals surface area contributed by atoms with Gasteiger partial charge in [-0.3, -0.25) is 4.90 Å². The van der Waals surface area contributed by atoms with Gasteiger partial charge in [-0.1, -0.05) is 12.1 Å². The summed E-state index contributed by atoms with van der Waals surface area (Å²) in [6.45, 7) is 4.13. The number of halogens is 2. The van der Waals surface area contributed by atoms with Crippen molar-refractivity contribution in [3.63, 3.8) is 0 Å². The summed E-state index contributed by atoms with van der Waals surface area (Å²) < 4.78 is 12.8. The van der Waals surface area contributed by atoms with E-state index in [1.165, 1.54) is 12.1 Å². The first kappa shape index (κ1) is 13.4. The van der Waals surface area contributed by atoms with Crippen LogP contribution in [-0.4, -0.2) is 24.0 Å². The highest BCUT2D eigenvalue weighted by molar-refractivity contribution is 5.85. The zero-order valence-corrected chi connectivity index (χ0v) is 10.2. The smallest absolute Gasteiger partial charge is 0.123 e. The minimum atomic E-state index is -0.177. The van der Waals surface area contributed by atoms with Crippen LogP contribution in [0, 0.1) is 5.82 Å². The van der Waals surface area contributed by atoms with Gasteiger partial charge in [0, 0.05) is 25.2 Å². The van der Waals surface area contributed by atoms with Crippen molar-refractivity contribution in [1.82, 2.24) is 4.90 Å². The van der Waals surface area contributed by atoms with Crippen molar-refractivity contribution < 1.29 is 4.39 Å². The lowest BCUT2D eigenvalue weighted by Gasteiger charge is -2.24. The Labute approximate surface area is 102 Å². The van der Waals surface area contributed by atoms with Crippen molar-refractivity contribution in [3.8, 4) is 0 Å². The normalized spacial score (nSPS) is 22.8. The van der Waals surface area contributed by atoms with Crippen LogP contribution in [0.5, 0.6) is 0 Å². The van der Waals surface area contributed by atoms with Gasteiger partial charge in [-0.25, -0.2) is 4.39 Å². The van der Waals surface area contributed by atoms with Crippen molar-refractivity contribution in [3.05, 3.63) is 35.6 Å². The second kappa shape index (κ2) is 5.62. The molecule has 2 N–H and O–H groups in total. The van der Waals surface area contributed by atoms with E-state index in [2.05, 4.69) is 11.8 Å². The van der Waals surface area contributed by atoms with Gasteiger partial charge in [0.25, 0.3) is 0 Å². The summed E-state index contributed by atoms with van der Waals surface area (Å²) >= 11 is 0. The number of nitrogens with two attached hydrogens (primary N) is 1. The Balaban J connectivity index is 0.00000128. The van der Waals surface area contributed by atoms with Crippen molar-refractivity contribution in [1.29, 1.82) is 0 Å². The molecule has 0 amide bonds. The molecule has 2 atom stereocenters. The maximum absolute atomic E-state index is 12.8. The number of hydrogen-bond donors (Lipinski definition) is 1. The molecule has 0 spiro atoms. The molecule has 0 aromatic heterocycles. The van der Waals surface area contributed by atoms with Crippen LogP contribution in [0.3, 0.4) is 0 Å². The molecule has 0 bridgehead atoms. The molecule has 0 radical (unpaired) electrons. The van der Waals surface area contributed by atoms with Crippen LogP contribution in [0.25, 0.3) is 0 Å². The first-order chi connectivity index (χ1) is 7.16. The monoisotopic (exact) mass is 244 g/mol. The molecule has 0 aliphatic carbocycles. The van der Waals surface area contributed by atoms with E-state index in [1.807, 2.05) is 12.1 Å². The lowest BCUT2D eigenvalue weighted by Crippen LogP contribution is -2.28. The van der Waals surface area contributed by atoms with Gasteiger partial charge in [0.05, 0.1) is 0 Å². The van der Waals surface area contributed by atoms with E-state index < -0.39 is 0 Å². The summed E-state index contributed by atoms with van der Waals surface area (Å²) in [4.78, 5) is 2.35. The molecule has 1 fully saturated rings. The summed E-state index contributed by atoms with van der Waals surface area (Å²) in [5.74, 6) is -0.177. The predicted octanol–water partition coefficient (Wildman–Crippen LogP) is 2.34. The average molecular weight is 245 g/mol. The lowest BCUT2D eigenvalue weighted by molar-refractivity contribution is 0.260. The van der Waals surface area contributed by atoms with E-state index in [-0.39, 0.29) is 18.2 Å². The van der Waals surface area contributed by atoms with Crippen molar-refractivity contribution in [2.24, 2.45) is 5.73 Å². The quantitative estimate of drug-likeness (QED) is 0.865. The number of hydrogen-bond acceptors (Lipinski definition) is 2. The third-order valence-electron chi connectivity index (χ3n) is 3.16. The molecule has 1 aromatic carbocycles. The van der Waals surface area contributed by atoms with Crippen molar-refractivity contribution in [2.75, 3.05) is 13.1 Å². The molecule has 1 aliphatic rings. The lowest BCUT2D eigenvalue weighted by atomic mass is 10.1. The molecule has 0 saturated carbocycles. The third-order valence-corrected chi connectivity index (χ3v) is 3.16. The van der Waals surface area contributed by atoms with Gasteiger partial charge in [0.1, 0.15) is 5.82 Å². The van der Waals surface area contributed by atoms with Crippen LogP contribution in [0.4, 0.5) is 4.39 Å². The summed E-state index contributed by atoms with van der Waals surface area (Å²) in [5.41, 5.74) is 7.02. The standard InChI is InChI=1S/C12H17FN2.ClH/c1-9(15-7-6-12(14)8-15)10-2-4-11(13)5-3-10;/h2-5,9,12H,6-8,14H2,1H3;1H/t9?,12-;/m1./s1. The fourth-order valence-electron chi connectivity index (χ4n) is 2.12. The molecular weight excluding hydrogens is 227 g/mol. The third kappa shape index (κ3) is 2.94. The summed E-state index contributed by atoms with van der Waals surface area (Å²) in [6, 6.07) is 7.37. The summed E-state index contributed by atoms with van der Waals surface area (Å²) in [6.07, 6.45) is 1.06. The fourth-order valence-corrected chi connectivity index (χ4v) is 2.12. The molecule has 90 valence electrons. The van der Waals surface area contributed by atoms with Gasteiger partial charge in [-0.05, 0) is 31.0 Å². The summed E-state index contributed by atoms with van der Waals surface area (Å²) in [7, 11) is 0. The minimum Gasteiger partial charge on any atom is -0.326 e. The molecule has 1 aliphatic heterocycles. The molecule has 4 heteroatoms. The zero-order chi connectivity index (χ0) is 10.8. The van der Waals surface area contributed by atoms with E-state index >= 15 is 0 Å².